The number of rotatable bonds is 5. The number of nitrogens with one attached hydrogen (secondary N) is 1. The molecule has 1 saturated heterocycles. The Morgan fingerprint density at radius 2 is 1.95 bits per heavy atom. The lowest BCUT2D eigenvalue weighted by atomic mass is 9.82. The van der Waals surface area contributed by atoms with E-state index in [1.165, 1.54) is 25.4 Å². The first-order valence-electron chi connectivity index (χ1n) is 11.8. The Bertz CT molecular complexity index is 1310. The summed E-state index contributed by atoms with van der Waals surface area (Å²) in [6, 6.07) is 7.92. The third-order valence-corrected chi connectivity index (χ3v) is 7.19. The number of aromatic nitrogens is 3. The molecular weight excluding hydrogens is 492 g/mol. The summed E-state index contributed by atoms with van der Waals surface area (Å²) >= 11 is 0. The van der Waals surface area contributed by atoms with Gasteiger partial charge in [-0.15, -0.1) is 0 Å². The van der Waals surface area contributed by atoms with E-state index in [1.807, 2.05) is 0 Å². The molecule has 37 heavy (non-hydrogen) atoms. The number of likely N-dealkylation sites (tertiary alicyclic amines) is 1. The van der Waals surface area contributed by atoms with Crippen molar-refractivity contribution in [1.29, 1.82) is 0 Å². The highest BCUT2D eigenvalue weighted by Gasteiger charge is 2.47. The van der Waals surface area contributed by atoms with Crippen molar-refractivity contribution in [1.82, 2.24) is 25.0 Å². The van der Waals surface area contributed by atoms with Gasteiger partial charge in [0, 0.05) is 49.6 Å². The predicted molar refractivity (Wildman–Crippen MR) is 127 cm³/mol. The molecule has 8 nitrogen and oxygen atoms in total. The van der Waals surface area contributed by atoms with Crippen molar-refractivity contribution < 1.29 is 27.1 Å². The van der Waals surface area contributed by atoms with Gasteiger partial charge in [0.2, 0.25) is 0 Å². The lowest BCUT2D eigenvalue weighted by molar-refractivity contribution is -0.137. The number of anilines is 1. The number of nitrogen functional groups attached to an aromatic ring is 1. The van der Waals surface area contributed by atoms with Crippen LogP contribution in [-0.2, 0) is 22.9 Å². The number of hydrogen-bond donors (Lipinski definition) is 2. The number of alkyl halides is 3. The fourth-order valence-electron chi connectivity index (χ4n) is 5.23. The predicted octanol–water partition coefficient (Wildman–Crippen LogP) is 4.13. The molecule has 1 aromatic carbocycles. The first-order valence-corrected chi connectivity index (χ1v) is 11.8. The second-order valence-corrected chi connectivity index (χ2v) is 9.50. The summed E-state index contributed by atoms with van der Waals surface area (Å²) in [5, 5.41) is 7.50. The van der Waals surface area contributed by atoms with Crippen LogP contribution < -0.4 is 11.1 Å². The summed E-state index contributed by atoms with van der Waals surface area (Å²) in [6.07, 6.45) is -1.86. The maximum absolute atomic E-state index is 13.3. The summed E-state index contributed by atoms with van der Waals surface area (Å²) in [5.41, 5.74) is 6.32. The van der Waals surface area contributed by atoms with E-state index in [2.05, 4.69) is 15.4 Å². The largest absolute Gasteiger partial charge is 0.419 e. The normalized spacial score (nSPS) is 19.9. The van der Waals surface area contributed by atoms with Gasteiger partial charge in [0.05, 0.1) is 23.9 Å². The minimum atomic E-state index is -4.62. The number of carbonyl (C=O) groups excluding carboxylic acids is 1. The molecule has 0 radical (unpaired) electrons. The second-order valence-electron chi connectivity index (χ2n) is 9.50. The zero-order chi connectivity index (χ0) is 26.4. The van der Waals surface area contributed by atoms with Gasteiger partial charge in [-0.3, -0.25) is 4.68 Å². The summed E-state index contributed by atoms with van der Waals surface area (Å²) in [6.45, 7) is 1.78. The van der Waals surface area contributed by atoms with Crippen molar-refractivity contribution in [2.75, 3.05) is 32.5 Å². The first-order chi connectivity index (χ1) is 17.6. The Morgan fingerprint density at radius 3 is 2.65 bits per heavy atom. The standard InChI is InChI=1S/C25H26F4N6O2/c1-37-13-20(15-2-4-17(26)5-3-15)32-23(36)34-8-6-24(14-34)7-9-35-21(24)11-19(33-35)16-10-18(25(27,28)29)22(30)31-12-16/h2-5,10-12,20H,6-9,13-14H2,1H3,(H2,30,31)(H,32,36). The van der Waals surface area contributed by atoms with E-state index in [4.69, 9.17) is 10.5 Å². The number of benzene rings is 1. The van der Waals surface area contributed by atoms with E-state index in [1.54, 1.807) is 27.8 Å². The Morgan fingerprint density at radius 1 is 1.22 bits per heavy atom. The monoisotopic (exact) mass is 518 g/mol. The van der Waals surface area contributed by atoms with Crippen LogP contribution in [0.25, 0.3) is 11.3 Å². The van der Waals surface area contributed by atoms with Gasteiger partial charge in [-0.1, -0.05) is 12.1 Å². The highest BCUT2D eigenvalue weighted by atomic mass is 19.4. The van der Waals surface area contributed by atoms with E-state index in [9.17, 15) is 22.4 Å². The lowest BCUT2D eigenvalue weighted by Crippen LogP contribution is -2.43. The molecular formula is C25H26F4N6O2. The molecule has 2 aliphatic heterocycles. The van der Waals surface area contributed by atoms with Gasteiger partial charge in [-0.25, -0.2) is 14.2 Å². The number of hydrogen-bond acceptors (Lipinski definition) is 5. The van der Waals surface area contributed by atoms with Gasteiger partial charge in [0.1, 0.15) is 11.6 Å². The average molecular weight is 519 g/mol. The molecule has 0 aliphatic carbocycles. The zero-order valence-electron chi connectivity index (χ0n) is 20.1. The summed E-state index contributed by atoms with van der Waals surface area (Å²) < 4.78 is 60.3. The quantitative estimate of drug-likeness (QED) is 0.495. The van der Waals surface area contributed by atoms with Gasteiger partial charge in [0.25, 0.3) is 0 Å². The van der Waals surface area contributed by atoms with E-state index in [0.717, 1.165) is 23.7 Å². The smallest absolute Gasteiger partial charge is 0.383 e. The van der Waals surface area contributed by atoms with Crippen molar-refractivity contribution in [2.24, 2.45) is 0 Å². The number of nitrogens with two attached hydrogens (primary N) is 1. The molecule has 2 aromatic heterocycles. The number of ether oxygens (including phenoxy) is 1. The van der Waals surface area contributed by atoms with Crippen molar-refractivity contribution in [3.8, 4) is 11.3 Å². The number of urea groups is 1. The number of fused-ring (bicyclic) bond motifs is 2. The molecule has 12 heteroatoms. The molecule has 2 amide bonds. The van der Waals surface area contributed by atoms with Crippen LogP contribution in [0, 0.1) is 5.82 Å². The lowest BCUT2D eigenvalue weighted by Gasteiger charge is -2.26. The van der Waals surface area contributed by atoms with Crippen molar-refractivity contribution in [3.05, 3.63) is 65.2 Å². The Balaban J connectivity index is 1.33. The third-order valence-electron chi connectivity index (χ3n) is 7.19. The van der Waals surface area contributed by atoms with Crippen LogP contribution in [0.1, 0.15) is 35.7 Å². The summed E-state index contributed by atoms with van der Waals surface area (Å²) in [7, 11) is 1.53. The molecule has 4 heterocycles. The van der Waals surface area contributed by atoms with Crippen LogP contribution in [0.3, 0.4) is 0 Å². The minimum absolute atomic E-state index is 0.224. The number of halogens is 4. The average Bonchev–Trinajstić information content (AvgIpc) is 3.56. The van der Waals surface area contributed by atoms with Crippen LogP contribution >= 0.6 is 0 Å². The fourth-order valence-corrected chi connectivity index (χ4v) is 5.23. The van der Waals surface area contributed by atoms with E-state index in [-0.39, 0.29) is 29.4 Å². The molecule has 1 spiro atoms. The van der Waals surface area contributed by atoms with Gasteiger partial charge in [-0.2, -0.15) is 18.3 Å². The molecule has 196 valence electrons. The zero-order valence-corrected chi connectivity index (χ0v) is 20.1. The molecule has 1 fully saturated rings. The topological polar surface area (TPSA) is 98.3 Å². The van der Waals surface area contributed by atoms with E-state index >= 15 is 0 Å². The molecule has 2 atom stereocenters. The van der Waals surface area contributed by atoms with Crippen LogP contribution in [0.2, 0.25) is 0 Å². The van der Waals surface area contributed by atoms with Gasteiger partial charge in [-0.05, 0) is 42.7 Å². The first kappa shape index (κ1) is 25.0. The molecule has 5 rings (SSSR count). The molecule has 2 aliphatic rings. The molecule has 3 N–H and O–H groups in total. The highest BCUT2D eigenvalue weighted by molar-refractivity contribution is 5.75. The van der Waals surface area contributed by atoms with Crippen LogP contribution in [0.4, 0.5) is 28.2 Å². The number of carbonyl (C=O) groups is 1. The Kier molecular flexibility index (Phi) is 6.30. The van der Waals surface area contributed by atoms with Crippen molar-refractivity contribution >= 4 is 11.8 Å². The molecule has 0 saturated carbocycles. The summed E-state index contributed by atoms with van der Waals surface area (Å²) in [5.74, 6) is -0.946. The van der Waals surface area contributed by atoms with Gasteiger partial charge < -0.3 is 20.7 Å². The molecule has 0 bridgehead atoms. The second kappa shape index (κ2) is 9.33. The SMILES string of the molecule is COCC(NC(=O)N1CCC2(CCn3nc(-c4cnc(N)c(C(F)(F)F)c4)cc32)C1)c1ccc(F)cc1. The maximum Gasteiger partial charge on any atom is 0.419 e. The van der Waals surface area contributed by atoms with Gasteiger partial charge >= 0.3 is 12.2 Å². The maximum atomic E-state index is 13.3. The van der Waals surface area contributed by atoms with Crippen LogP contribution in [-0.4, -0.2) is 52.5 Å². The Labute approximate surface area is 210 Å². The van der Waals surface area contributed by atoms with E-state index in [0.29, 0.717) is 31.7 Å². The minimum Gasteiger partial charge on any atom is -0.383 e. The molecule has 3 aromatic rings. The number of methoxy groups -OCH3 is 1. The van der Waals surface area contributed by atoms with Crippen molar-refractivity contribution in [3.63, 3.8) is 0 Å². The number of amides is 2. The van der Waals surface area contributed by atoms with E-state index < -0.39 is 23.6 Å². The van der Waals surface area contributed by atoms with Crippen LogP contribution in [0.15, 0.2) is 42.6 Å². The fraction of sp³-hybridized carbons (Fsp3) is 0.400. The van der Waals surface area contributed by atoms with Gasteiger partial charge in [0.15, 0.2) is 0 Å². The third kappa shape index (κ3) is 4.73. The summed E-state index contributed by atoms with van der Waals surface area (Å²) in [4.78, 5) is 18.6. The van der Waals surface area contributed by atoms with Crippen molar-refractivity contribution in [2.45, 2.75) is 37.0 Å². The highest BCUT2D eigenvalue weighted by Crippen LogP contribution is 2.44. The van der Waals surface area contributed by atoms with Crippen LogP contribution in [0.5, 0.6) is 0 Å². The number of nitrogens with zero attached hydrogens (tertiary/aromatic N) is 4. The number of aryl methyl sites for hydroxylation is 1. The molecule has 2 unspecified atom stereocenters. The Hall–Kier alpha value is -3.67. The number of pyridine rings is 1.